The summed E-state index contributed by atoms with van der Waals surface area (Å²) >= 11 is 5.97. The van der Waals surface area contributed by atoms with E-state index in [0.717, 1.165) is 0 Å². The number of fused-ring (bicyclic) bond motifs is 1. The van der Waals surface area contributed by atoms with Gasteiger partial charge in [-0.3, -0.25) is 9.20 Å². The molecule has 22 heavy (non-hydrogen) atoms. The van der Waals surface area contributed by atoms with Gasteiger partial charge in [-0.1, -0.05) is 30.7 Å². The normalized spacial score (nSPS) is 10.8. The van der Waals surface area contributed by atoms with Gasteiger partial charge in [0.1, 0.15) is 17.1 Å². The van der Waals surface area contributed by atoms with E-state index in [2.05, 4.69) is 10.3 Å². The summed E-state index contributed by atoms with van der Waals surface area (Å²) in [6.07, 6.45) is 2.33. The Morgan fingerprint density at radius 1 is 1.36 bits per heavy atom. The molecule has 6 heteroatoms. The number of hydrogen-bond donors (Lipinski definition) is 2. The number of nitrogens with zero attached hydrogens (tertiary/aromatic N) is 2. The van der Waals surface area contributed by atoms with Crippen LogP contribution in [0.2, 0.25) is 5.02 Å². The zero-order valence-electron chi connectivity index (χ0n) is 11.9. The van der Waals surface area contributed by atoms with Gasteiger partial charge >= 0.3 is 0 Å². The summed E-state index contributed by atoms with van der Waals surface area (Å²) in [4.78, 5) is 17.0. The fourth-order valence-corrected chi connectivity index (χ4v) is 2.47. The minimum atomic E-state index is -0.326. The van der Waals surface area contributed by atoms with Crippen LogP contribution >= 0.6 is 11.6 Å². The summed E-state index contributed by atoms with van der Waals surface area (Å²) in [7, 11) is 0. The van der Waals surface area contributed by atoms with Crippen molar-refractivity contribution < 1.29 is 9.90 Å². The van der Waals surface area contributed by atoms with Gasteiger partial charge in [0.15, 0.2) is 0 Å². The summed E-state index contributed by atoms with van der Waals surface area (Å²) < 4.78 is 1.69. The number of aromatic nitrogens is 2. The average molecular weight is 316 g/mol. The van der Waals surface area contributed by atoms with E-state index in [1.165, 1.54) is 6.07 Å². The highest BCUT2D eigenvalue weighted by atomic mass is 35.5. The number of phenols is 1. The van der Waals surface area contributed by atoms with Crippen LogP contribution < -0.4 is 5.32 Å². The Morgan fingerprint density at radius 3 is 2.86 bits per heavy atom. The fraction of sp³-hybridized carbons (Fsp3) is 0.125. The zero-order valence-corrected chi connectivity index (χ0v) is 12.6. The number of nitrogens with one attached hydrogen (secondary N) is 1. The van der Waals surface area contributed by atoms with Crippen LogP contribution in [0, 0.1) is 0 Å². The number of para-hydroxylation sites is 2. The van der Waals surface area contributed by atoms with Gasteiger partial charge in [0.2, 0.25) is 0 Å². The van der Waals surface area contributed by atoms with Crippen molar-refractivity contribution in [1.82, 2.24) is 9.38 Å². The highest BCUT2D eigenvalue weighted by Crippen LogP contribution is 2.24. The second kappa shape index (κ2) is 5.69. The van der Waals surface area contributed by atoms with Crippen LogP contribution in [-0.4, -0.2) is 20.4 Å². The molecular formula is C16H14ClN3O2. The minimum absolute atomic E-state index is 0.0192. The van der Waals surface area contributed by atoms with Crippen molar-refractivity contribution in [2.75, 3.05) is 5.32 Å². The third-order valence-corrected chi connectivity index (χ3v) is 3.60. The van der Waals surface area contributed by atoms with Gasteiger partial charge in [-0.25, -0.2) is 4.98 Å². The molecule has 1 amide bonds. The molecule has 0 aliphatic carbocycles. The van der Waals surface area contributed by atoms with Gasteiger partial charge in [0, 0.05) is 17.3 Å². The summed E-state index contributed by atoms with van der Waals surface area (Å²) in [5.41, 5.74) is 2.10. The molecule has 0 saturated carbocycles. The lowest BCUT2D eigenvalue weighted by Gasteiger charge is -2.08. The molecule has 5 nitrogen and oxygen atoms in total. The van der Waals surface area contributed by atoms with Crippen molar-refractivity contribution in [3.63, 3.8) is 0 Å². The third-order valence-electron chi connectivity index (χ3n) is 3.36. The number of aryl methyl sites for hydroxylation is 1. The largest absolute Gasteiger partial charge is 0.506 e. The van der Waals surface area contributed by atoms with Crippen LogP contribution in [0.15, 0.2) is 42.6 Å². The zero-order chi connectivity index (χ0) is 15.7. The lowest BCUT2D eigenvalue weighted by atomic mass is 10.2. The van der Waals surface area contributed by atoms with Gasteiger partial charge in [-0.2, -0.15) is 0 Å². The first-order valence-corrected chi connectivity index (χ1v) is 7.23. The van der Waals surface area contributed by atoms with Crippen LogP contribution in [0.4, 0.5) is 5.69 Å². The lowest BCUT2D eigenvalue weighted by molar-refractivity contribution is 0.102. The number of carbonyl (C=O) groups excluding carboxylic acids is 1. The van der Waals surface area contributed by atoms with E-state index in [0.29, 0.717) is 34.2 Å². The van der Waals surface area contributed by atoms with E-state index in [1.54, 1.807) is 40.9 Å². The van der Waals surface area contributed by atoms with Crippen molar-refractivity contribution in [3.05, 3.63) is 59.0 Å². The average Bonchev–Trinajstić information content (AvgIpc) is 2.87. The fourth-order valence-electron chi connectivity index (χ4n) is 2.32. The topological polar surface area (TPSA) is 66.6 Å². The SMILES string of the molecule is CCc1nc2cc(Cl)ccn2c1C(=O)Nc1ccccc1O. The predicted octanol–water partition coefficient (Wildman–Crippen LogP) is 3.51. The Hall–Kier alpha value is -2.53. The van der Waals surface area contributed by atoms with Gasteiger partial charge in [0.05, 0.1) is 11.4 Å². The molecular weight excluding hydrogens is 302 g/mol. The van der Waals surface area contributed by atoms with Gasteiger partial charge < -0.3 is 10.4 Å². The summed E-state index contributed by atoms with van der Waals surface area (Å²) in [5.74, 6) is -0.307. The Labute approximate surface area is 132 Å². The van der Waals surface area contributed by atoms with Crippen LogP contribution in [0.3, 0.4) is 0 Å². The van der Waals surface area contributed by atoms with Gasteiger partial charge in [-0.05, 0) is 24.6 Å². The standard InChI is InChI=1S/C16H14ClN3O2/c1-2-11-15(20-8-7-10(17)9-14(20)18-11)16(22)19-12-5-3-4-6-13(12)21/h3-9,21H,2H2,1H3,(H,19,22). The van der Waals surface area contributed by atoms with Crippen molar-refractivity contribution in [2.45, 2.75) is 13.3 Å². The summed E-state index contributed by atoms with van der Waals surface area (Å²) in [6.45, 7) is 1.93. The number of phenolic OH excluding ortho intramolecular Hbond substituents is 1. The Bertz CT molecular complexity index is 858. The first-order chi connectivity index (χ1) is 10.6. The smallest absolute Gasteiger partial charge is 0.274 e. The van der Waals surface area contributed by atoms with Crippen molar-refractivity contribution in [3.8, 4) is 5.75 Å². The van der Waals surface area contributed by atoms with E-state index < -0.39 is 0 Å². The minimum Gasteiger partial charge on any atom is -0.506 e. The monoisotopic (exact) mass is 315 g/mol. The van der Waals surface area contributed by atoms with Crippen LogP contribution in [0.5, 0.6) is 5.75 Å². The van der Waals surface area contributed by atoms with Gasteiger partial charge in [-0.15, -0.1) is 0 Å². The maximum Gasteiger partial charge on any atom is 0.274 e. The molecule has 2 aromatic heterocycles. The molecule has 0 unspecified atom stereocenters. The molecule has 0 fully saturated rings. The predicted molar refractivity (Wildman–Crippen MR) is 85.6 cm³/mol. The molecule has 0 radical (unpaired) electrons. The number of hydrogen-bond acceptors (Lipinski definition) is 3. The van der Waals surface area contributed by atoms with Crippen LogP contribution in [0.25, 0.3) is 5.65 Å². The molecule has 3 rings (SSSR count). The Morgan fingerprint density at radius 2 is 2.14 bits per heavy atom. The molecule has 0 saturated heterocycles. The number of carbonyl (C=O) groups is 1. The maximum atomic E-state index is 12.6. The summed E-state index contributed by atoms with van der Waals surface area (Å²) in [5, 5.41) is 13.1. The first kappa shape index (κ1) is 14.4. The molecule has 0 aliphatic heterocycles. The number of halogens is 1. The quantitative estimate of drug-likeness (QED) is 0.727. The third kappa shape index (κ3) is 2.51. The molecule has 2 heterocycles. The van der Waals surface area contributed by atoms with Crippen molar-refractivity contribution in [1.29, 1.82) is 0 Å². The van der Waals surface area contributed by atoms with Crippen LogP contribution in [0.1, 0.15) is 23.1 Å². The number of amides is 1. The van der Waals surface area contributed by atoms with E-state index in [-0.39, 0.29) is 11.7 Å². The maximum absolute atomic E-state index is 12.6. The first-order valence-electron chi connectivity index (χ1n) is 6.86. The number of aromatic hydroxyl groups is 1. The molecule has 0 spiro atoms. The van der Waals surface area contributed by atoms with Crippen molar-refractivity contribution in [2.24, 2.45) is 0 Å². The van der Waals surface area contributed by atoms with E-state index in [4.69, 9.17) is 11.6 Å². The highest BCUT2D eigenvalue weighted by Gasteiger charge is 2.19. The van der Waals surface area contributed by atoms with Gasteiger partial charge in [0.25, 0.3) is 5.91 Å². The molecule has 3 aromatic rings. The number of anilines is 1. The number of imidazole rings is 1. The van der Waals surface area contributed by atoms with Crippen LogP contribution in [-0.2, 0) is 6.42 Å². The van der Waals surface area contributed by atoms with E-state index in [1.807, 2.05) is 6.92 Å². The van der Waals surface area contributed by atoms with E-state index in [9.17, 15) is 9.90 Å². The number of pyridine rings is 1. The molecule has 0 bridgehead atoms. The second-order valence-corrected chi connectivity index (χ2v) is 5.24. The van der Waals surface area contributed by atoms with E-state index >= 15 is 0 Å². The summed E-state index contributed by atoms with van der Waals surface area (Å²) in [6, 6.07) is 10.00. The molecule has 0 atom stereocenters. The Balaban J connectivity index is 2.05. The molecule has 1 aromatic carbocycles. The number of benzene rings is 1. The van der Waals surface area contributed by atoms with Crippen molar-refractivity contribution >= 4 is 28.8 Å². The highest BCUT2D eigenvalue weighted by molar-refractivity contribution is 6.30. The second-order valence-electron chi connectivity index (χ2n) is 4.81. The lowest BCUT2D eigenvalue weighted by Crippen LogP contribution is -2.16. The molecule has 112 valence electrons. The Kier molecular flexibility index (Phi) is 3.73. The molecule has 0 aliphatic rings. The molecule has 2 N–H and O–H groups in total. The number of rotatable bonds is 3.